The molecule has 0 bridgehead atoms. The molecule has 2 amide bonds. The smallest absolute Gasteiger partial charge is 0.277 e. The molecule has 0 saturated carbocycles. The largest absolute Gasteiger partial charge is 0.354 e. The summed E-state index contributed by atoms with van der Waals surface area (Å²) in [5.74, 6) is -0.228. The van der Waals surface area contributed by atoms with Gasteiger partial charge in [-0.2, -0.15) is 0 Å². The van der Waals surface area contributed by atoms with Crippen LogP contribution in [-0.4, -0.2) is 40.2 Å². The van der Waals surface area contributed by atoms with Crippen LogP contribution in [0.1, 0.15) is 36.4 Å². The lowest BCUT2D eigenvalue weighted by molar-refractivity contribution is -0.125. The molecule has 2 N–H and O–H groups in total. The quantitative estimate of drug-likeness (QED) is 0.879. The molecule has 1 aromatic rings. The minimum Gasteiger partial charge on any atom is -0.354 e. The van der Waals surface area contributed by atoms with Gasteiger partial charge in [-0.15, -0.1) is 0 Å². The summed E-state index contributed by atoms with van der Waals surface area (Å²) in [6.07, 6.45) is 1.26. The highest BCUT2D eigenvalue weighted by Gasteiger charge is 2.34. The minimum atomic E-state index is -0.520. The average molecular weight is 332 g/mol. The number of H-pyrrole nitrogens is 1. The van der Waals surface area contributed by atoms with Crippen LogP contribution in [0.2, 0.25) is 5.02 Å². The number of aromatic amines is 1. The van der Waals surface area contributed by atoms with Gasteiger partial charge in [0.2, 0.25) is 5.91 Å². The Kier molecular flexibility index (Phi) is 5.05. The topological polar surface area (TPSA) is 82.3 Å². The maximum atomic E-state index is 12.6. The highest BCUT2D eigenvalue weighted by atomic mass is 35.5. The van der Waals surface area contributed by atoms with Crippen molar-refractivity contribution in [2.45, 2.75) is 32.7 Å². The van der Waals surface area contributed by atoms with Crippen LogP contribution in [0.3, 0.4) is 0 Å². The van der Waals surface area contributed by atoms with E-state index in [0.717, 1.165) is 11.5 Å². The van der Waals surface area contributed by atoms with E-state index in [4.69, 9.17) is 11.6 Å². The molecule has 1 atom stereocenters. The SMILES string of the molecule is CC(C)CC1C(=O)NCCCN1C(=O)c1s[nH]c(=O)c1Cl. The Morgan fingerprint density at radius 2 is 2.19 bits per heavy atom. The van der Waals surface area contributed by atoms with Crippen molar-refractivity contribution >= 4 is 34.9 Å². The molecular formula is C13H18ClN3O3S. The Morgan fingerprint density at radius 3 is 2.76 bits per heavy atom. The Morgan fingerprint density at radius 1 is 1.48 bits per heavy atom. The second-order valence-electron chi connectivity index (χ2n) is 5.46. The summed E-state index contributed by atoms with van der Waals surface area (Å²) in [6.45, 7) is 5.02. The molecule has 1 aliphatic heterocycles. The number of carbonyl (C=O) groups is 2. The summed E-state index contributed by atoms with van der Waals surface area (Å²) in [5, 5.41) is 2.73. The molecule has 1 aliphatic rings. The fraction of sp³-hybridized carbons (Fsp3) is 0.615. The van der Waals surface area contributed by atoms with Gasteiger partial charge in [0.1, 0.15) is 15.9 Å². The molecule has 1 unspecified atom stereocenters. The van der Waals surface area contributed by atoms with Gasteiger partial charge in [-0.25, -0.2) is 0 Å². The zero-order valence-electron chi connectivity index (χ0n) is 11.9. The van der Waals surface area contributed by atoms with Crippen molar-refractivity contribution in [2.75, 3.05) is 13.1 Å². The highest BCUT2D eigenvalue weighted by Crippen LogP contribution is 2.22. The third-order valence-electron chi connectivity index (χ3n) is 3.35. The maximum Gasteiger partial charge on any atom is 0.277 e. The number of hydrogen-bond donors (Lipinski definition) is 2. The number of nitrogens with one attached hydrogen (secondary N) is 2. The predicted octanol–water partition coefficient (Wildman–Crippen LogP) is 1.47. The van der Waals surface area contributed by atoms with E-state index in [0.29, 0.717) is 25.9 Å². The van der Waals surface area contributed by atoms with Gasteiger partial charge in [0.15, 0.2) is 0 Å². The van der Waals surface area contributed by atoms with Crippen LogP contribution in [0.4, 0.5) is 0 Å². The second kappa shape index (κ2) is 6.62. The first-order valence-electron chi connectivity index (χ1n) is 6.87. The molecule has 0 radical (unpaired) electrons. The van der Waals surface area contributed by atoms with Crippen LogP contribution < -0.4 is 10.9 Å². The summed E-state index contributed by atoms with van der Waals surface area (Å²) >= 11 is 6.79. The van der Waals surface area contributed by atoms with Crippen LogP contribution in [-0.2, 0) is 4.79 Å². The van der Waals surface area contributed by atoms with Crippen LogP contribution in [0.5, 0.6) is 0 Å². The Hall–Kier alpha value is -1.34. The van der Waals surface area contributed by atoms with Crippen molar-refractivity contribution in [3.8, 4) is 0 Å². The Labute approximate surface area is 131 Å². The number of aromatic nitrogens is 1. The van der Waals surface area contributed by atoms with E-state index in [1.165, 1.54) is 4.90 Å². The molecule has 1 aromatic heterocycles. The lowest BCUT2D eigenvalue weighted by Gasteiger charge is -2.29. The standard InChI is InChI=1S/C13H18ClN3O3S/c1-7(2)6-8-11(18)15-4-3-5-17(8)13(20)10-9(14)12(19)16-21-10/h7-8H,3-6H2,1-2H3,(H,15,18)(H,16,19). The van der Waals surface area contributed by atoms with Crippen molar-refractivity contribution in [3.63, 3.8) is 0 Å². The molecule has 1 fully saturated rings. The highest BCUT2D eigenvalue weighted by molar-refractivity contribution is 7.08. The van der Waals surface area contributed by atoms with Gasteiger partial charge >= 0.3 is 0 Å². The van der Waals surface area contributed by atoms with Gasteiger partial charge < -0.3 is 10.2 Å². The summed E-state index contributed by atoms with van der Waals surface area (Å²) < 4.78 is 2.45. The van der Waals surface area contributed by atoms with E-state index in [1.807, 2.05) is 13.8 Å². The lowest BCUT2D eigenvalue weighted by Crippen LogP contribution is -2.47. The van der Waals surface area contributed by atoms with Gasteiger partial charge in [0.05, 0.1) is 0 Å². The van der Waals surface area contributed by atoms with Gasteiger partial charge in [-0.05, 0) is 18.8 Å². The van der Waals surface area contributed by atoms with Gasteiger partial charge in [-0.3, -0.25) is 18.8 Å². The van der Waals surface area contributed by atoms with Crippen molar-refractivity contribution < 1.29 is 9.59 Å². The molecular weight excluding hydrogens is 314 g/mol. The zero-order chi connectivity index (χ0) is 15.6. The van der Waals surface area contributed by atoms with E-state index in [-0.39, 0.29) is 27.6 Å². The van der Waals surface area contributed by atoms with E-state index in [9.17, 15) is 14.4 Å². The zero-order valence-corrected chi connectivity index (χ0v) is 13.5. The first kappa shape index (κ1) is 16.0. The molecule has 6 nitrogen and oxygen atoms in total. The summed E-state index contributed by atoms with van der Waals surface area (Å²) in [6, 6.07) is -0.520. The molecule has 116 valence electrons. The number of carbonyl (C=O) groups excluding carboxylic acids is 2. The Balaban J connectivity index is 2.32. The number of hydrogen-bond acceptors (Lipinski definition) is 4. The first-order chi connectivity index (χ1) is 9.91. The summed E-state index contributed by atoms with van der Waals surface area (Å²) in [4.78, 5) is 37.9. The molecule has 0 aliphatic carbocycles. The van der Waals surface area contributed by atoms with Crippen molar-refractivity contribution in [1.29, 1.82) is 0 Å². The van der Waals surface area contributed by atoms with Gasteiger partial charge in [0, 0.05) is 13.1 Å². The van der Waals surface area contributed by atoms with E-state index in [1.54, 1.807) is 0 Å². The number of nitrogens with zero attached hydrogens (tertiary/aromatic N) is 1. The van der Waals surface area contributed by atoms with Gasteiger partial charge in [-0.1, -0.05) is 37.0 Å². The van der Waals surface area contributed by atoms with Gasteiger partial charge in [0.25, 0.3) is 11.5 Å². The van der Waals surface area contributed by atoms with Crippen LogP contribution in [0.25, 0.3) is 0 Å². The molecule has 2 heterocycles. The monoisotopic (exact) mass is 331 g/mol. The first-order valence-corrected chi connectivity index (χ1v) is 8.07. The van der Waals surface area contributed by atoms with E-state index < -0.39 is 11.6 Å². The summed E-state index contributed by atoms with van der Waals surface area (Å²) in [7, 11) is 0. The number of rotatable bonds is 3. The van der Waals surface area contributed by atoms with Crippen LogP contribution in [0, 0.1) is 5.92 Å². The number of halogens is 1. The lowest BCUT2D eigenvalue weighted by atomic mass is 10.0. The van der Waals surface area contributed by atoms with Crippen molar-refractivity contribution in [3.05, 3.63) is 20.3 Å². The predicted molar refractivity (Wildman–Crippen MR) is 81.9 cm³/mol. The molecule has 0 spiro atoms. The Bertz CT molecular complexity index is 596. The molecule has 0 aromatic carbocycles. The summed E-state index contributed by atoms with van der Waals surface area (Å²) in [5.41, 5.74) is -0.468. The van der Waals surface area contributed by atoms with Crippen molar-refractivity contribution in [1.82, 2.24) is 14.6 Å². The van der Waals surface area contributed by atoms with E-state index >= 15 is 0 Å². The molecule has 21 heavy (non-hydrogen) atoms. The fourth-order valence-electron chi connectivity index (χ4n) is 2.36. The third-order valence-corrected chi connectivity index (χ3v) is 4.69. The maximum absolute atomic E-state index is 12.6. The minimum absolute atomic E-state index is 0.0991. The van der Waals surface area contributed by atoms with Crippen molar-refractivity contribution in [2.24, 2.45) is 5.92 Å². The molecule has 1 saturated heterocycles. The molecule has 2 rings (SSSR count). The second-order valence-corrected chi connectivity index (χ2v) is 6.66. The van der Waals surface area contributed by atoms with Crippen LogP contribution in [0.15, 0.2) is 4.79 Å². The van der Waals surface area contributed by atoms with Crippen LogP contribution >= 0.6 is 23.1 Å². The average Bonchev–Trinajstić information content (AvgIpc) is 2.65. The normalized spacial score (nSPS) is 19.5. The number of amides is 2. The molecule has 8 heteroatoms. The third kappa shape index (κ3) is 3.47. The fourth-order valence-corrected chi connectivity index (χ4v) is 3.34. The van der Waals surface area contributed by atoms with E-state index in [2.05, 4.69) is 9.69 Å².